The third kappa shape index (κ3) is 3.84. The molecular formula is C14H25N3O2S. The van der Waals surface area contributed by atoms with Crippen LogP contribution in [0.25, 0.3) is 0 Å². The third-order valence-electron chi connectivity index (χ3n) is 3.43. The van der Waals surface area contributed by atoms with Gasteiger partial charge in [0.05, 0.1) is 4.90 Å². The number of hydrogen-bond acceptors (Lipinski definition) is 3. The van der Waals surface area contributed by atoms with Crippen LogP contribution in [0.15, 0.2) is 17.2 Å². The highest BCUT2D eigenvalue weighted by Gasteiger charge is 2.27. The molecule has 1 aliphatic carbocycles. The molecule has 0 unspecified atom stereocenters. The van der Waals surface area contributed by atoms with E-state index in [4.69, 9.17) is 0 Å². The van der Waals surface area contributed by atoms with Crippen molar-refractivity contribution in [3.63, 3.8) is 0 Å². The monoisotopic (exact) mass is 299 g/mol. The summed E-state index contributed by atoms with van der Waals surface area (Å²) >= 11 is 0. The lowest BCUT2D eigenvalue weighted by Crippen LogP contribution is -2.24. The van der Waals surface area contributed by atoms with Gasteiger partial charge in [-0.3, -0.25) is 0 Å². The van der Waals surface area contributed by atoms with E-state index in [1.165, 1.54) is 0 Å². The Labute approximate surface area is 121 Å². The predicted molar refractivity (Wildman–Crippen MR) is 80.2 cm³/mol. The van der Waals surface area contributed by atoms with Gasteiger partial charge in [-0.2, -0.15) is 0 Å². The average Bonchev–Trinajstić information content (AvgIpc) is 3.17. The van der Waals surface area contributed by atoms with Gasteiger partial charge in [0.1, 0.15) is 0 Å². The van der Waals surface area contributed by atoms with Crippen molar-refractivity contribution in [1.29, 1.82) is 0 Å². The Morgan fingerprint density at radius 1 is 1.25 bits per heavy atom. The van der Waals surface area contributed by atoms with E-state index in [0.29, 0.717) is 17.5 Å². The van der Waals surface area contributed by atoms with Crippen molar-refractivity contribution in [2.45, 2.75) is 57.0 Å². The predicted octanol–water partition coefficient (Wildman–Crippen LogP) is 2.01. The van der Waals surface area contributed by atoms with Crippen molar-refractivity contribution < 1.29 is 8.42 Å². The first-order valence-corrected chi connectivity index (χ1v) is 8.98. The molecule has 0 amide bonds. The summed E-state index contributed by atoms with van der Waals surface area (Å²) in [7, 11) is -3.36. The van der Waals surface area contributed by atoms with E-state index in [1.54, 1.807) is 12.3 Å². The Balaban J connectivity index is 2.15. The zero-order valence-corrected chi connectivity index (χ0v) is 13.2. The summed E-state index contributed by atoms with van der Waals surface area (Å²) in [6.07, 6.45) is 5.97. The van der Waals surface area contributed by atoms with Crippen LogP contribution in [-0.4, -0.2) is 26.1 Å². The van der Waals surface area contributed by atoms with Gasteiger partial charge in [0, 0.05) is 31.0 Å². The molecular weight excluding hydrogens is 274 g/mol. The van der Waals surface area contributed by atoms with Crippen LogP contribution >= 0.6 is 0 Å². The van der Waals surface area contributed by atoms with Gasteiger partial charge in [-0.1, -0.05) is 13.8 Å². The molecule has 2 N–H and O–H groups in total. The van der Waals surface area contributed by atoms with Gasteiger partial charge in [0.25, 0.3) is 0 Å². The smallest absolute Gasteiger partial charge is 0.242 e. The normalized spacial score (nSPS) is 15.7. The van der Waals surface area contributed by atoms with Gasteiger partial charge < -0.3 is 9.88 Å². The molecule has 6 heteroatoms. The maximum absolute atomic E-state index is 12.2. The molecule has 1 aliphatic rings. The molecule has 1 aromatic rings. The first kappa shape index (κ1) is 15.5. The lowest BCUT2D eigenvalue weighted by molar-refractivity contribution is 0.580. The summed E-state index contributed by atoms with van der Waals surface area (Å²) in [5.41, 5.74) is 1.07. The zero-order chi connectivity index (χ0) is 14.6. The third-order valence-corrected chi connectivity index (χ3v) is 4.86. The van der Waals surface area contributed by atoms with E-state index in [-0.39, 0.29) is 0 Å². The first-order chi connectivity index (χ1) is 9.58. The average molecular weight is 299 g/mol. The first-order valence-electron chi connectivity index (χ1n) is 7.49. The molecule has 0 aromatic carbocycles. The molecule has 0 radical (unpaired) electrons. The van der Waals surface area contributed by atoms with Crippen molar-refractivity contribution in [1.82, 2.24) is 14.6 Å². The van der Waals surface area contributed by atoms with Gasteiger partial charge in [-0.15, -0.1) is 0 Å². The highest BCUT2D eigenvalue weighted by atomic mass is 32.2. The highest BCUT2D eigenvalue weighted by molar-refractivity contribution is 7.89. The number of nitrogens with one attached hydrogen (secondary N) is 2. The van der Waals surface area contributed by atoms with E-state index in [2.05, 4.69) is 21.5 Å². The summed E-state index contributed by atoms with van der Waals surface area (Å²) in [5.74, 6) is 0. The van der Waals surface area contributed by atoms with Gasteiger partial charge in [-0.05, 0) is 38.3 Å². The minimum Gasteiger partial charge on any atom is -0.346 e. The van der Waals surface area contributed by atoms with Gasteiger partial charge in [0.15, 0.2) is 0 Å². The number of rotatable bonds is 9. The van der Waals surface area contributed by atoms with Gasteiger partial charge >= 0.3 is 0 Å². The quantitative estimate of drug-likeness (QED) is 0.686. The van der Waals surface area contributed by atoms with Crippen LogP contribution in [0.5, 0.6) is 0 Å². The number of aromatic nitrogens is 1. The fraction of sp³-hybridized carbons (Fsp3) is 0.714. The molecule has 0 aliphatic heterocycles. The summed E-state index contributed by atoms with van der Waals surface area (Å²) in [4.78, 5) is 0.395. The van der Waals surface area contributed by atoms with Crippen molar-refractivity contribution >= 4 is 10.0 Å². The number of sulfonamides is 1. The molecule has 0 bridgehead atoms. The maximum Gasteiger partial charge on any atom is 0.242 e. The molecule has 0 spiro atoms. The summed E-state index contributed by atoms with van der Waals surface area (Å²) in [6.45, 7) is 6.25. The standard InChI is InChI=1S/C14H25N3O2S/c1-3-7-15-10-13-9-14(11-17(13)12-5-6-12)20(18,19)16-8-4-2/h9,11-12,15-16H,3-8,10H2,1-2H3. The zero-order valence-electron chi connectivity index (χ0n) is 12.4. The fourth-order valence-electron chi connectivity index (χ4n) is 2.19. The van der Waals surface area contributed by atoms with Crippen LogP contribution in [0, 0.1) is 0 Å². The maximum atomic E-state index is 12.2. The van der Waals surface area contributed by atoms with Crippen LogP contribution in [0.4, 0.5) is 0 Å². The Hall–Kier alpha value is -0.850. The Bertz CT molecular complexity index is 533. The second-order valence-corrected chi connectivity index (χ2v) is 7.15. The number of nitrogens with zero attached hydrogens (tertiary/aromatic N) is 1. The lowest BCUT2D eigenvalue weighted by atomic mass is 10.4. The van der Waals surface area contributed by atoms with E-state index < -0.39 is 10.0 Å². The van der Waals surface area contributed by atoms with E-state index >= 15 is 0 Å². The molecule has 0 atom stereocenters. The van der Waals surface area contributed by atoms with Crippen molar-refractivity contribution in [3.05, 3.63) is 18.0 Å². The fourth-order valence-corrected chi connectivity index (χ4v) is 3.37. The molecule has 1 heterocycles. The molecule has 2 rings (SSSR count). The van der Waals surface area contributed by atoms with E-state index in [0.717, 1.165) is 44.5 Å². The summed E-state index contributed by atoms with van der Waals surface area (Å²) < 4.78 is 29.1. The van der Waals surface area contributed by atoms with Gasteiger partial charge in [-0.25, -0.2) is 13.1 Å². The van der Waals surface area contributed by atoms with Crippen LogP contribution in [0.3, 0.4) is 0 Å². The van der Waals surface area contributed by atoms with Crippen molar-refractivity contribution in [2.24, 2.45) is 0 Å². The molecule has 1 saturated carbocycles. The largest absolute Gasteiger partial charge is 0.346 e. The molecule has 0 saturated heterocycles. The second kappa shape index (κ2) is 6.74. The van der Waals surface area contributed by atoms with Crippen molar-refractivity contribution in [2.75, 3.05) is 13.1 Å². The van der Waals surface area contributed by atoms with E-state index in [9.17, 15) is 8.42 Å². The Morgan fingerprint density at radius 3 is 2.55 bits per heavy atom. The second-order valence-electron chi connectivity index (χ2n) is 5.38. The van der Waals surface area contributed by atoms with Crippen LogP contribution < -0.4 is 10.0 Å². The van der Waals surface area contributed by atoms with E-state index in [1.807, 2.05) is 6.92 Å². The van der Waals surface area contributed by atoms with Crippen molar-refractivity contribution in [3.8, 4) is 0 Å². The Kier molecular flexibility index (Phi) is 5.23. The van der Waals surface area contributed by atoms with Crippen LogP contribution in [-0.2, 0) is 16.6 Å². The Morgan fingerprint density at radius 2 is 1.95 bits per heavy atom. The summed E-state index contributed by atoms with van der Waals surface area (Å²) in [6, 6.07) is 2.29. The lowest BCUT2D eigenvalue weighted by Gasteiger charge is -2.07. The van der Waals surface area contributed by atoms with Crippen LogP contribution in [0.2, 0.25) is 0 Å². The molecule has 1 aromatic heterocycles. The summed E-state index contributed by atoms with van der Waals surface area (Å²) in [5, 5.41) is 3.35. The van der Waals surface area contributed by atoms with Crippen LogP contribution in [0.1, 0.15) is 51.3 Å². The topological polar surface area (TPSA) is 63.1 Å². The molecule has 20 heavy (non-hydrogen) atoms. The molecule has 114 valence electrons. The minimum absolute atomic E-state index is 0.395. The highest BCUT2D eigenvalue weighted by Crippen LogP contribution is 2.37. The minimum atomic E-state index is -3.36. The molecule has 5 nitrogen and oxygen atoms in total. The molecule has 1 fully saturated rings. The van der Waals surface area contributed by atoms with Gasteiger partial charge in [0.2, 0.25) is 10.0 Å². The number of hydrogen-bond donors (Lipinski definition) is 2. The SMILES string of the molecule is CCCNCc1cc(S(=O)(=O)NCCC)cn1C1CC1.